The molecule has 0 atom stereocenters. The molecule has 0 saturated carbocycles. The van der Waals surface area contributed by atoms with Gasteiger partial charge in [0, 0.05) is 42.4 Å². The van der Waals surface area contributed by atoms with Gasteiger partial charge in [-0.15, -0.1) is 0 Å². The van der Waals surface area contributed by atoms with Crippen LogP contribution in [0.4, 0.5) is 0 Å². The van der Waals surface area contributed by atoms with E-state index in [0.29, 0.717) is 13.0 Å². The highest BCUT2D eigenvalue weighted by atomic mass is 16.3. The van der Waals surface area contributed by atoms with Crippen LogP contribution in [0, 0.1) is 0 Å². The van der Waals surface area contributed by atoms with Crippen molar-refractivity contribution in [1.29, 1.82) is 0 Å². The van der Waals surface area contributed by atoms with Gasteiger partial charge in [0.2, 0.25) is 5.91 Å². The van der Waals surface area contributed by atoms with E-state index in [0.717, 1.165) is 16.6 Å². The predicted octanol–water partition coefficient (Wildman–Crippen LogP) is 1.44. The Kier molecular flexibility index (Phi) is 4.16. The first-order valence-electron chi connectivity index (χ1n) is 6.44. The van der Waals surface area contributed by atoms with Gasteiger partial charge >= 0.3 is 0 Å². The van der Waals surface area contributed by atoms with Gasteiger partial charge in [0.25, 0.3) is 0 Å². The second-order valence-electron chi connectivity index (χ2n) is 4.85. The van der Waals surface area contributed by atoms with Gasteiger partial charge in [-0.1, -0.05) is 0 Å². The van der Waals surface area contributed by atoms with E-state index in [1.54, 1.807) is 6.20 Å². The molecule has 0 bridgehead atoms. The number of hydrogen-bond acceptors (Lipinski definition) is 3. The number of aliphatic hydroxyl groups is 1. The summed E-state index contributed by atoms with van der Waals surface area (Å²) in [6, 6.07) is 3.93. The molecule has 0 radical (unpaired) electrons. The average molecular weight is 261 g/mol. The summed E-state index contributed by atoms with van der Waals surface area (Å²) in [5.41, 5.74) is 1.65. The van der Waals surface area contributed by atoms with Crippen LogP contribution in [0.15, 0.2) is 24.5 Å². The number of rotatable bonds is 5. The minimum Gasteiger partial charge on any atom is -0.392 e. The summed E-state index contributed by atoms with van der Waals surface area (Å²) in [6.07, 6.45) is 3.98. The van der Waals surface area contributed by atoms with E-state index in [1.165, 1.54) is 0 Å². The molecule has 5 heteroatoms. The fraction of sp³-hybridized carbons (Fsp3) is 0.429. The molecule has 2 N–H and O–H groups in total. The van der Waals surface area contributed by atoms with E-state index >= 15 is 0 Å². The molecule has 2 aromatic heterocycles. The molecule has 5 nitrogen and oxygen atoms in total. The Morgan fingerprint density at radius 1 is 1.53 bits per heavy atom. The minimum atomic E-state index is -0.0205. The number of aryl methyl sites for hydroxylation is 1. The van der Waals surface area contributed by atoms with Crippen molar-refractivity contribution in [1.82, 2.24) is 14.9 Å². The highest BCUT2D eigenvalue weighted by Gasteiger charge is 2.10. The van der Waals surface area contributed by atoms with E-state index in [9.17, 15) is 9.90 Å². The monoisotopic (exact) mass is 261 g/mol. The van der Waals surface area contributed by atoms with Crippen LogP contribution in [0.5, 0.6) is 0 Å². The Labute approximate surface area is 112 Å². The molecule has 0 aliphatic carbocycles. The zero-order valence-corrected chi connectivity index (χ0v) is 11.3. The maximum absolute atomic E-state index is 11.6. The van der Waals surface area contributed by atoms with Crippen LogP contribution >= 0.6 is 0 Å². The molecule has 0 spiro atoms. The molecule has 0 fully saturated rings. The van der Waals surface area contributed by atoms with E-state index in [2.05, 4.69) is 10.3 Å². The van der Waals surface area contributed by atoms with Gasteiger partial charge in [-0.05, 0) is 26.0 Å². The smallest absolute Gasteiger partial charge is 0.221 e. The molecule has 2 heterocycles. The van der Waals surface area contributed by atoms with Gasteiger partial charge in [-0.2, -0.15) is 0 Å². The molecule has 102 valence electrons. The first-order chi connectivity index (χ1) is 9.11. The fourth-order valence-corrected chi connectivity index (χ4v) is 2.11. The van der Waals surface area contributed by atoms with E-state index in [-0.39, 0.29) is 18.6 Å². The number of hydrogen-bond donors (Lipinski definition) is 2. The molecule has 0 aromatic carbocycles. The van der Waals surface area contributed by atoms with Crippen molar-refractivity contribution in [3.8, 4) is 0 Å². The number of aromatic nitrogens is 2. The largest absolute Gasteiger partial charge is 0.392 e. The van der Waals surface area contributed by atoms with Gasteiger partial charge in [0.05, 0.1) is 6.61 Å². The standard InChI is InChI=1S/C14H19N3O2/c1-10(2)16-13(19)5-7-17-8-11(9-18)12-4-3-6-15-14(12)17/h3-4,6,8,10,18H,5,7,9H2,1-2H3,(H,16,19). The Morgan fingerprint density at radius 3 is 3.00 bits per heavy atom. The third-order valence-corrected chi connectivity index (χ3v) is 2.92. The van der Waals surface area contributed by atoms with E-state index in [1.807, 2.05) is 36.7 Å². The zero-order chi connectivity index (χ0) is 13.8. The Morgan fingerprint density at radius 2 is 2.32 bits per heavy atom. The van der Waals surface area contributed by atoms with Crippen molar-refractivity contribution in [2.24, 2.45) is 0 Å². The molecule has 1 amide bonds. The van der Waals surface area contributed by atoms with Crippen LogP contribution in [-0.2, 0) is 17.9 Å². The summed E-state index contributed by atoms with van der Waals surface area (Å²) in [6.45, 7) is 4.42. The first-order valence-corrected chi connectivity index (χ1v) is 6.44. The van der Waals surface area contributed by atoms with Gasteiger partial charge < -0.3 is 15.0 Å². The minimum absolute atomic E-state index is 0.0205. The second-order valence-corrected chi connectivity index (χ2v) is 4.85. The van der Waals surface area contributed by atoms with Crippen LogP contribution in [0.1, 0.15) is 25.8 Å². The van der Waals surface area contributed by atoms with Crippen molar-refractivity contribution < 1.29 is 9.90 Å². The number of carbonyl (C=O) groups excluding carboxylic acids is 1. The van der Waals surface area contributed by atoms with Crippen LogP contribution in [0.2, 0.25) is 0 Å². The SMILES string of the molecule is CC(C)NC(=O)CCn1cc(CO)c2cccnc21. The first kappa shape index (κ1) is 13.5. The lowest BCUT2D eigenvalue weighted by Gasteiger charge is -2.09. The fourth-order valence-electron chi connectivity index (χ4n) is 2.11. The number of nitrogens with one attached hydrogen (secondary N) is 1. The third-order valence-electron chi connectivity index (χ3n) is 2.92. The van der Waals surface area contributed by atoms with Crippen LogP contribution in [0.25, 0.3) is 11.0 Å². The lowest BCUT2D eigenvalue weighted by Crippen LogP contribution is -2.30. The summed E-state index contributed by atoms with van der Waals surface area (Å²) in [5, 5.41) is 13.1. The molecule has 0 saturated heterocycles. The van der Waals surface area contributed by atoms with Crippen molar-refractivity contribution in [3.05, 3.63) is 30.1 Å². The maximum atomic E-state index is 11.6. The van der Waals surface area contributed by atoms with E-state index in [4.69, 9.17) is 0 Å². The molecule has 19 heavy (non-hydrogen) atoms. The number of carbonyl (C=O) groups is 1. The number of fused-ring (bicyclic) bond motifs is 1. The lowest BCUT2D eigenvalue weighted by molar-refractivity contribution is -0.121. The van der Waals surface area contributed by atoms with Gasteiger partial charge in [-0.25, -0.2) is 4.98 Å². The van der Waals surface area contributed by atoms with Gasteiger partial charge in [0.15, 0.2) is 0 Å². The van der Waals surface area contributed by atoms with Crippen molar-refractivity contribution in [3.63, 3.8) is 0 Å². The molecule has 0 aliphatic rings. The van der Waals surface area contributed by atoms with Crippen molar-refractivity contribution >= 4 is 16.9 Å². The van der Waals surface area contributed by atoms with Crippen molar-refractivity contribution in [2.75, 3.05) is 0 Å². The number of pyridine rings is 1. The summed E-state index contributed by atoms with van der Waals surface area (Å²) in [7, 11) is 0. The molecular formula is C14H19N3O2. The number of amides is 1. The van der Waals surface area contributed by atoms with Gasteiger partial charge in [-0.3, -0.25) is 4.79 Å². The molecule has 2 aromatic rings. The third kappa shape index (κ3) is 3.12. The van der Waals surface area contributed by atoms with Crippen LogP contribution in [-0.4, -0.2) is 26.6 Å². The highest BCUT2D eigenvalue weighted by Crippen LogP contribution is 2.19. The Balaban J connectivity index is 2.15. The molecule has 0 aliphatic heterocycles. The van der Waals surface area contributed by atoms with Crippen LogP contribution in [0.3, 0.4) is 0 Å². The Bertz CT molecular complexity index is 575. The van der Waals surface area contributed by atoms with Gasteiger partial charge in [0.1, 0.15) is 5.65 Å². The molecule has 0 unspecified atom stereocenters. The summed E-state index contributed by atoms with van der Waals surface area (Å²) >= 11 is 0. The quantitative estimate of drug-likeness (QED) is 0.856. The van der Waals surface area contributed by atoms with E-state index < -0.39 is 0 Å². The highest BCUT2D eigenvalue weighted by molar-refractivity contribution is 5.81. The molecule has 2 rings (SSSR count). The topological polar surface area (TPSA) is 67.2 Å². The van der Waals surface area contributed by atoms with Crippen molar-refractivity contribution in [2.45, 2.75) is 39.5 Å². The maximum Gasteiger partial charge on any atom is 0.221 e. The van der Waals surface area contributed by atoms with Crippen LogP contribution < -0.4 is 5.32 Å². The summed E-state index contributed by atoms with van der Waals surface area (Å²) in [5.74, 6) is 0.0262. The number of nitrogens with zero attached hydrogens (tertiary/aromatic N) is 2. The molecular weight excluding hydrogens is 242 g/mol. The lowest BCUT2D eigenvalue weighted by atomic mass is 10.2. The summed E-state index contributed by atoms with van der Waals surface area (Å²) < 4.78 is 1.92. The predicted molar refractivity (Wildman–Crippen MR) is 73.6 cm³/mol. The number of aliphatic hydroxyl groups excluding tert-OH is 1. The second kappa shape index (κ2) is 5.84. The summed E-state index contributed by atoms with van der Waals surface area (Å²) in [4.78, 5) is 16.0. The Hall–Kier alpha value is -1.88. The average Bonchev–Trinajstić information content (AvgIpc) is 2.74. The zero-order valence-electron chi connectivity index (χ0n) is 11.3. The normalized spacial score (nSPS) is 11.2.